The van der Waals surface area contributed by atoms with E-state index in [1.54, 1.807) is 0 Å². The second kappa shape index (κ2) is 9.22. The number of rotatable bonds is 5. The Kier molecular flexibility index (Phi) is 6.47. The molecule has 0 bridgehead atoms. The van der Waals surface area contributed by atoms with Gasteiger partial charge in [0.05, 0.1) is 18.8 Å². The zero-order valence-electron chi connectivity index (χ0n) is 19.2. The van der Waals surface area contributed by atoms with Gasteiger partial charge in [-0.05, 0) is 67.0 Å². The van der Waals surface area contributed by atoms with Crippen molar-refractivity contribution in [1.82, 2.24) is 4.90 Å². The van der Waals surface area contributed by atoms with Gasteiger partial charge < -0.3 is 14.4 Å². The first-order valence-corrected chi connectivity index (χ1v) is 12.8. The van der Waals surface area contributed by atoms with Gasteiger partial charge in [-0.1, -0.05) is 61.3 Å². The van der Waals surface area contributed by atoms with Crippen LogP contribution in [0.15, 0.2) is 48.5 Å². The van der Waals surface area contributed by atoms with E-state index in [9.17, 15) is 4.79 Å². The number of piperidine rings is 1. The molecule has 4 nitrogen and oxygen atoms in total. The lowest BCUT2D eigenvalue weighted by Crippen LogP contribution is -2.62. The van der Waals surface area contributed by atoms with Crippen molar-refractivity contribution in [3.8, 4) is 0 Å². The molecule has 2 aliphatic heterocycles. The fourth-order valence-corrected chi connectivity index (χ4v) is 6.19. The van der Waals surface area contributed by atoms with Crippen molar-refractivity contribution in [1.29, 1.82) is 0 Å². The summed E-state index contributed by atoms with van der Waals surface area (Å²) in [7, 11) is 0. The second-order valence-electron chi connectivity index (χ2n) is 9.98. The van der Waals surface area contributed by atoms with E-state index in [0.29, 0.717) is 34.9 Å². The van der Waals surface area contributed by atoms with Gasteiger partial charge >= 0.3 is 0 Å². The molecule has 4 atom stereocenters. The van der Waals surface area contributed by atoms with Crippen LogP contribution in [0.2, 0.25) is 10.0 Å². The van der Waals surface area contributed by atoms with Crippen LogP contribution in [0.25, 0.3) is 0 Å². The second-order valence-corrected chi connectivity index (χ2v) is 10.9. The standard InChI is InChI=1S/C27H31Cl2NO3/c1-17(2)24-16-32-27-14-13-23(15-20(27)7-12-25(31)30(24)27)33-26(18-3-8-21(28)9-4-18)19-5-10-22(29)11-6-19/h3-6,8-11,17,20,23-24,26H,7,12-16H2,1-2H3/t20-,23+,24-,27-/m1/s1. The molecule has 5 rings (SSSR count). The summed E-state index contributed by atoms with van der Waals surface area (Å²) in [5.41, 5.74) is 1.69. The van der Waals surface area contributed by atoms with E-state index < -0.39 is 5.72 Å². The number of nitrogens with zero attached hydrogens (tertiary/aromatic N) is 1. The van der Waals surface area contributed by atoms with Crippen LogP contribution in [-0.2, 0) is 14.3 Å². The Morgan fingerprint density at radius 1 is 1.00 bits per heavy atom. The summed E-state index contributed by atoms with van der Waals surface area (Å²) in [6.45, 7) is 5.01. The van der Waals surface area contributed by atoms with E-state index in [1.165, 1.54) is 0 Å². The minimum absolute atomic E-state index is 0.0914. The molecule has 0 unspecified atom stereocenters. The molecule has 33 heavy (non-hydrogen) atoms. The van der Waals surface area contributed by atoms with E-state index in [4.69, 9.17) is 32.7 Å². The normalized spacial score (nSPS) is 29.5. The third-order valence-corrected chi connectivity index (χ3v) is 8.18. The fourth-order valence-electron chi connectivity index (χ4n) is 5.94. The Balaban J connectivity index is 1.38. The van der Waals surface area contributed by atoms with Gasteiger partial charge in [-0.3, -0.25) is 4.79 Å². The summed E-state index contributed by atoms with van der Waals surface area (Å²) >= 11 is 12.3. The highest BCUT2D eigenvalue weighted by atomic mass is 35.5. The maximum Gasteiger partial charge on any atom is 0.225 e. The Hall–Kier alpha value is -1.59. The first-order chi connectivity index (χ1) is 15.9. The highest BCUT2D eigenvalue weighted by Crippen LogP contribution is 2.51. The van der Waals surface area contributed by atoms with Gasteiger partial charge in [0.2, 0.25) is 5.91 Å². The maximum atomic E-state index is 12.9. The number of halogens is 2. The van der Waals surface area contributed by atoms with E-state index in [0.717, 1.165) is 36.8 Å². The van der Waals surface area contributed by atoms with Crippen LogP contribution in [-0.4, -0.2) is 35.3 Å². The SMILES string of the molecule is CC(C)[C@H]1CO[C@]23CC[C@H](OC(c4ccc(Cl)cc4)c4ccc(Cl)cc4)C[C@H]2CCC(=O)N13. The van der Waals surface area contributed by atoms with Crippen LogP contribution >= 0.6 is 23.2 Å². The molecular weight excluding hydrogens is 457 g/mol. The highest BCUT2D eigenvalue weighted by molar-refractivity contribution is 6.30. The van der Waals surface area contributed by atoms with Crippen LogP contribution in [0.5, 0.6) is 0 Å². The number of hydrogen-bond acceptors (Lipinski definition) is 3. The number of ether oxygens (including phenoxy) is 2. The summed E-state index contributed by atoms with van der Waals surface area (Å²) in [6, 6.07) is 15.9. The van der Waals surface area contributed by atoms with Gasteiger partial charge in [-0.2, -0.15) is 0 Å². The van der Waals surface area contributed by atoms with E-state index in [1.807, 2.05) is 48.5 Å². The van der Waals surface area contributed by atoms with E-state index in [2.05, 4.69) is 18.7 Å². The van der Waals surface area contributed by atoms with E-state index in [-0.39, 0.29) is 24.2 Å². The number of carbonyl (C=O) groups is 1. The first kappa shape index (κ1) is 23.2. The van der Waals surface area contributed by atoms with E-state index >= 15 is 0 Å². The molecule has 176 valence electrons. The van der Waals surface area contributed by atoms with Crippen LogP contribution in [0, 0.1) is 11.8 Å². The summed E-state index contributed by atoms with van der Waals surface area (Å²) in [4.78, 5) is 15.0. The van der Waals surface area contributed by atoms with Crippen molar-refractivity contribution in [2.24, 2.45) is 11.8 Å². The van der Waals surface area contributed by atoms with Gasteiger partial charge in [-0.15, -0.1) is 0 Å². The predicted octanol–water partition coefficient (Wildman–Crippen LogP) is 6.64. The molecule has 0 N–H and O–H groups in total. The third kappa shape index (κ3) is 4.32. The van der Waals surface area contributed by atoms with Crippen molar-refractivity contribution in [2.75, 3.05) is 6.61 Å². The zero-order chi connectivity index (χ0) is 23.2. The molecule has 3 aliphatic rings. The Morgan fingerprint density at radius 3 is 2.18 bits per heavy atom. The smallest absolute Gasteiger partial charge is 0.225 e. The van der Waals surface area contributed by atoms with Gasteiger partial charge in [0.15, 0.2) is 0 Å². The lowest BCUT2D eigenvalue weighted by molar-refractivity contribution is -0.200. The van der Waals surface area contributed by atoms with Gasteiger partial charge in [-0.25, -0.2) is 0 Å². The van der Waals surface area contributed by atoms with Crippen molar-refractivity contribution in [3.05, 3.63) is 69.7 Å². The average Bonchev–Trinajstić information content (AvgIpc) is 3.20. The topological polar surface area (TPSA) is 38.8 Å². The van der Waals surface area contributed by atoms with Crippen LogP contribution in [0.4, 0.5) is 0 Å². The van der Waals surface area contributed by atoms with Gasteiger partial charge in [0.25, 0.3) is 0 Å². The van der Waals surface area contributed by atoms with Crippen molar-refractivity contribution in [3.63, 3.8) is 0 Å². The molecule has 1 spiro atoms. The van der Waals surface area contributed by atoms with Crippen molar-refractivity contribution >= 4 is 29.1 Å². The van der Waals surface area contributed by atoms with Crippen LogP contribution < -0.4 is 0 Å². The first-order valence-electron chi connectivity index (χ1n) is 12.0. The molecule has 3 fully saturated rings. The van der Waals surface area contributed by atoms with Gasteiger partial charge in [0, 0.05) is 22.4 Å². The molecular formula is C27H31Cl2NO3. The van der Waals surface area contributed by atoms with Crippen LogP contribution in [0.1, 0.15) is 63.2 Å². The highest BCUT2D eigenvalue weighted by Gasteiger charge is 2.59. The molecule has 2 aromatic rings. The number of hydrogen-bond donors (Lipinski definition) is 0. The summed E-state index contributed by atoms with van der Waals surface area (Å²) in [6.07, 6.45) is 3.94. The zero-order valence-corrected chi connectivity index (χ0v) is 20.7. The predicted molar refractivity (Wildman–Crippen MR) is 130 cm³/mol. The number of benzene rings is 2. The molecule has 0 radical (unpaired) electrons. The largest absolute Gasteiger partial charge is 0.366 e. The minimum atomic E-state index is -0.444. The maximum absolute atomic E-state index is 12.9. The molecule has 2 heterocycles. The summed E-state index contributed by atoms with van der Waals surface area (Å²) < 4.78 is 13.3. The van der Waals surface area contributed by atoms with Crippen molar-refractivity contribution < 1.29 is 14.3 Å². The minimum Gasteiger partial charge on any atom is -0.366 e. The average molecular weight is 488 g/mol. The Bertz CT molecular complexity index is 948. The quantitative estimate of drug-likeness (QED) is 0.474. The fraction of sp³-hybridized carbons (Fsp3) is 0.519. The third-order valence-electron chi connectivity index (χ3n) is 7.67. The molecule has 1 saturated carbocycles. The summed E-state index contributed by atoms with van der Waals surface area (Å²) in [5.74, 6) is 0.941. The molecule has 2 saturated heterocycles. The lowest BCUT2D eigenvalue weighted by Gasteiger charge is -2.52. The Labute approximate surface area is 206 Å². The molecule has 1 aliphatic carbocycles. The van der Waals surface area contributed by atoms with Crippen molar-refractivity contribution in [2.45, 2.75) is 69.9 Å². The number of amides is 1. The summed E-state index contributed by atoms with van der Waals surface area (Å²) in [5, 5.41) is 1.41. The molecule has 6 heteroatoms. The lowest BCUT2D eigenvalue weighted by atomic mass is 9.73. The molecule has 0 aromatic heterocycles. The molecule has 2 aromatic carbocycles. The molecule has 1 amide bonds. The van der Waals surface area contributed by atoms with Gasteiger partial charge in [0.1, 0.15) is 11.8 Å². The Morgan fingerprint density at radius 2 is 1.61 bits per heavy atom. The van der Waals surface area contributed by atoms with Crippen LogP contribution in [0.3, 0.4) is 0 Å². The number of carbonyl (C=O) groups excluding carboxylic acids is 1. The monoisotopic (exact) mass is 487 g/mol.